The van der Waals surface area contributed by atoms with Gasteiger partial charge in [-0.2, -0.15) is 4.31 Å². The molecule has 1 fully saturated rings. The number of carbonyl (C=O) groups is 1. The molecule has 170 valence electrons. The third-order valence-electron chi connectivity index (χ3n) is 6.28. The maximum Gasteiger partial charge on any atom is 0.257 e. The number of hydrogen-bond acceptors (Lipinski definition) is 4. The molecule has 1 spiro atoms. The first-order valence-corrected chi connectivity index (χ1v) is 12.2. The maximum atomic E-state index is 14.1. The van der Waals surface area contributed by atoms with Gasteiger partial charge in [0, 0.05) is 19.6 Å². The van der Waals surface area contributed by atoms with Gasteiger partial charge in [-0.25, -0.2) is 12.8 Å². The Morgan fingerprint density at radius 2 is 1.72 bits per heavy atom. The van der Waals surface area contributed by atoms with Crippen LogP contribution in [0.2, 0.25) is 0 Å². The van der Waals surface area contributed by atoms with Crippen molar-refractivity contribution in [3.05, 3.63) is 72.1 Å². The van der Waals surface area contributed by atoms with Gasteiger partial charge in [0.2, 0.25) is 10.0 Å². The summed E-state index contributed by atoms with van der Waals surface area (Å²) in [5, 5.41) is 2.96. The molecule has 1 N–H and O–H groups in total. The monoisotopic (exact) mass is 458 g/mol. The molecule has 1 saturated heterocycles. The Morgan fingerprint density at radius 3 is 2.50 bits per heavy atom. The van der Waals surface area contributed by atoms with E-state index in [0.717, 1.165) is 18.1 Å². The summed E-state index contributed by atoms with van der Waals surface area (Å²) in [5.41, 5.74) is 0.753. The Labute approximate surface area is 188 Å². The molecule has 32 heavy (non-hydrogen) atoms. The third-order valence-corrected chi connectivity index (χ3v) is 8.22. The molecule has 0 atom stereocenters. The lowest BCUT2D eigenvalue weighted by Crippen LogP contribution is -2.48. The standard InChI is InChI=1S/C24H27FN2O4S/c25-20-9-2-4-11-22(20)32(29,30)27-15-13-24(14-16-27)12-6-5-8-19-7-1-3-10-21(19)31-17-23(28)26-18-24/h1-7,9-11H,8,12-18H2,(H,26,28)/b6-5+. The van der Waals surface area contributed by atoms with Crippen LogP contribution in [0.15, 0.2) is 65.6 Å². The molecule has 0 saturated carbocycles. The number of nitrogens with zero attached hydrogens (tertiary/aromatic N) is 1. The van der Waals surface area contributed by atoms with Gasteiger partial charge in [-0.1, -0.05) is 42.5 Å². The molecule has 8 heteroatoms. The largest absolute Gasteiger partial charge is 0.483 e. The number of amides is 1. The van der Waals surface area contributed by atoms with Crippen molar-refractivity contribution in [2.75, 3.05) is 26.2 Å². The van der Waals surface area contributed by atoms with Crippen LogP contribution in [0.3, 0.4) is 0 Å². The number of carbonyl (C=O) groups excluding carboxylic acids is 1. The van der Waals surface area contributed by atoms with Gasteiger partial charge in [0.1, 0.15) is 16.5 Å². The SMILES string of the molecule is O=C1COc2ccccc2C/C=C/CC2(CCN(S(=O)(=O)c3ccccc3F)CC2)CN1. The molecule has 2 heterocycles. The molecule has 0 radical (unpaired) electrons. The number of ether oxygens (including phenoxy) is 1. The van der Waals surface area contributed by atoms with Gasteiger partial charge in [-0.3, -0.25) is 4.79 Å². The molecule has 2 aromatic carbocycles. The van der Waals surface area contributed by atoms with Gasteiger partial charge in [-0.05, 0) is 54.9 Å². The highest BCUT2D eigenvalue weighted by Crippen LogP contribution is 2.37. The summed E-state index contributed by atoms with van der Waals surface area (Å²) >= 11 is 0. The van der Waals surface area contributed by atoms with Crippen molar-refractivity contribution in [2.45, 2.75) is 30.6 Å². The zero-order valence-electron chi connectivity index (χ0n) is 17.8. The first-order valence-electron chi connectivity index (χ1n) is 10.8. The van der Waals surface area contributed by atoms with Crippen LogP contribution >= 0.6 is 0 Å². The van der Waals surface area contributed by atoms with E-state index in [2.05, 4.69) is 17.5 Å². The van der Waals surface area contributed by atoms with Crippen LogP contribution in [-0.2, 0) is 21.2 Å². The molecule has 0 aliphatic carbocycles. The number of hydrogen-bond donors (Lipinski definition) is 1. The fourth-order valence-corrected chi connectivity index (χ4v) is 5.79. The van der Waals surface area contributed by atoms with Crippen molar-refractivity contribution < 1.29 is 22.3 Å². The molecule has 0 bridgehead atoms. The lowest BCUT2D eigenvalue weighted by atomic mass is 9.76. The summed E-state index contributed by atoms with van der Waals surface area (Å²) in [4.78, 5) is 12.1. The van der Waals surface area contributed by atoms with Crippen LogP contribution < -0.4 is 10.1 Å². The second-order valence-corrected chi connectivity index (χ2v) is 10.3. The fraction of sp³-hybridized carbons (Fsp3) is 0.375. The van der Waals surface area contributed by atoms with Crippen LogP contribution in [-0.4, -0.2) is 44.9 Å². The molecule has 4 rings (SSSR count). The molecule has 2 aliphatic rings. The Kier molecular flexibility index (Phi) is 6.62. The number of piperidine rings is 1. The Balaban J connectivity index is 1.49. The molecular weight excluding hydrogens is 431 g/mol. The predicted octanol–water partition coefficient (Wildman–Crippen LogP) is 3.29. The van der Waals surface area contributed by atoms with Crippen LogP contribution in [0.1, 0.15) is 24.8 Å². The van der Waals surface area contributed by atoms with E-state index in [9.17, 15) is 17.6 Å². The first kappa shape index (κ1) is 22.5. The van der Waals surface area contributed by atoms with Gasteiger partial charge in [0.25, 0.3) is 5.91 Å². The van der Waals surface area contributed by atoms with Gasteiger partial charge in [0.05, 0.1) is 0 Å². The Hall–Kier alpha value is -2.71. The van der Waals surface area contributed by atoms with Crippen molar-refractivity contribution in [2.24, 2.45) is 5.41 Å². The Bertz CT molecular complexity index is 1110. The highest BCUT2D eigenvalue weighted by atomic mass is 32.2. The number of benzene rings is 2. The minimum atomic E-state index is -3.90. The van der Waals surface area contributed by atoms with Crippen molar-refractivity contribution >= 4 is 15.9 Å². The van der Waals surface area contributed by atoms with Crippen molar-refractivity contribution in [3.63, 3.8) is 0 Å². The smallest absolute Gasteiger partial charge is 0.257 e. The van der Waals surface area contributed by atoms with E-state index in [-0.39, 0.29) is 35.9 Å². The number of sulfonamides is 1. The zero-order valence-corrected chi connectivity index (χ0v) is 18.6. The lowest BCUT2D eigenvalue weighted by Gasteiger charge is -2.41. The summed E-state index contributed by atoms with van der Waals surface area (Å²) in [5.74, 6) is -0.242. The number of rotatable bonds is 2. The summed E-state index contributed by atoms with van der Waals surface area (Å²) in [6, 6.07) is 13.1. The van der Waals surface area contributed by atoms with Crippen LogP contribution in [0.5, 0.6) is 5.75 Å². The number of fused-ring (bicyclic) bond motifs is 1. The van der Waals surface area contributed by atoms with E-state index < -0.39 is 15.8 Å². The average Bonchev–Trinajstić information content (AvgIpc) is 2.80. The van der Waals surface area contributed by atoms with E-state index >= 15 is 0 Å². The summed E-state index contributed by atoms with van der Waals surface area (Å²) in [6.07, 6.45) is 6.76. The maximum absolute atomic E-state index is 14.1. The van der Waals surface area contributed by atoms with E-state index in [1.165, 1.54) is 22.5 Å². The molecular formula is C24H27FN2O4S. The number of para-hydroxylation sites is 1. The average molecular weight is 459 g/mol. The molecule has 0 aromatic heterocycles. The lowest BCUT2D eigenvalue weighted by molar-refractivity contribution is -0.123. The molecule has 6 nitrogen and oxygen atoms in total. The summed E-state index contributed by atoms with van der Waals surface area (Å²) in [7, 11) is -3.90. The van der Waals surface area contributed by atoms with Gasteiger partial charge >= 0.3 is 0 Å². The van der Waals surface area contributed by atoms with Crippen molar-refractivity contribution in [1.29, 1.82) is 0 Å². The molecule has 2 aromatic rings. The minimum absolute atomic E-state index is 0.0649. The summed E-state index contributed by atoms with van der Waals surface area (Å²) < 4.78 is 47.0. The van der Waals surface area contributed by atoms with E-state index in [1.54, 1.807) is 0 Å². The van der Waals surface area contributed by atoms with Crippen LogP contribution in [0.25, 0.3) is 0 Å². The molecule has 1 amide bonds. The normalized spacial score (nSPS) is 20.8. The van der Waals surface area contributed by atoms with E-state index in [1.807, 2.05) is 24.3 Å². The van der Waals surface area contributed by atoms with Gasteiger partial charge in [-0.15, -0.1) is 0 Å². The number of allylic oxidation sites excluding steroid dienone is 2. The highest BCUT2D eigenvalue weighted by molar-refractivity contribution is 7.89. The third kappa shape index (κ3) is 4.86. The van der Waals surface area contributed by atoms with E-state index in [4.69, 9.17) is 4.74 Å². The van der Waals surface area contributed by atoms with Crippen LogP contribution in [0, 0.1) is 11.2 Å². The van der Waals surface area contributed by atoms with Gasteiger partial charge < -0.3 is 10.1 Å². The first-order chi connectivity index (χ1) is 15.4. The topological polar surface area (TPSA) is 75.7 Å². The predicted molar refractivity (Wildman–Crippen MR) is 119 cm³/mol. The van der Waals surface area contributed by atoms with Crippen molar-refractivity contribution in [1.82, 2.24) is 9.62 Å². The highest BCUT2D eigenvalue weighted by Gasteiger charge is 2.38. The van der Waals surface area contributed by atoms with Crippen molar-refractivity contribution in [3.8, 4) is 5.75 Å². The fourth-order valence-electron chi connectivity index (χ4n) is 4.28. The quantitative estimate of drug-likeness (QED) is 0.701. The van der Waals surface area contributed by atoms with Gasteiger partial charge in [0.15, 0.2) is 6.61 Å². The Morgan fingerprint density at radius 1 is 1.00 bits per heavy atom. The second kappa shape index (κ2) is 9.42. The summed E-state index contributed by atoms with van der Waals surface area (Å²) in [6.45, 7) is 0.929. The minimum Gasteiger partial charge on any atom is -0.483 e. The second-order valence-electron chi connectivity index (χ2n) is 8.39. The zero-order chi connectivity index (χ0) is 22.6. The molecule has 0 unspecified atom stereocenters. The number of nitrogens with one attached hydrogen (secondary N) is 1. The molecule has 2 aliphatic heterocycles. The van der Waals surface area contributed by atoms with E-state index in [0.29, 0.717) is 31.6 Å². The van der Waals surface area contributed by atoms with Crippen LogP contribution in [0.4, 0.5) is 4.39 Å². The number of halogens is 1.